The molecule has 1 saturated carbocycles. The molecular weight excluding hydrogens is 320 g/mol. The number of primary amides is 1. The largest absolute Gasteiger partial charge is 0.369 e. The van der Waals surface area contributed by atoms with E-state index in [9.17, 15) is 18.0 Å². The molecule has 1 aliphatic carbocycles. The van der Waals surface area contributed by atoms with Crippen molar-refractivity contribution in [3.63, 3.8) is 0 Å². The molecule has 3 aliphatic rings. The first kappa shape index (κ1) is 16.7. The third-order valence-electron chi connectivity index (χ3n) is 5.92. The van der Waals surface area contributed by atoms with E-state index in [1.54, 1.807) is 0 Å². The number of amides is 2. The summed E-state index contributed by atoms with van der Waals surface area (Å²) in [7, 11) is -1.86. The second kappa shape index (κ2) is 5.44. The fourth-order valence-corrected chi connectivity index (χ4v) is 6.76. The first-order valence-corrected chi connectivity index (χ1v) is 9.79. The smallest absolute Gasteiger partial charge is 0.254 e. The van der Waals surface area contributed by atoms with E-state index in [1.807, 2.05) is 0 Å². The number of likely N-dealkylation sites (tertiary alicyclic amines) is 1. The van der Waals surface area contributed by atoms with Crippen molar-refractivity contribution in [3.8, 4) is 0 Å². The van der Waals surface area contributed by atoms with Crippen LogP contribution < -0.4 is 5.73 Å². The van der Waals surface area contributed by atoms with Gasteiger partial charge in [-0.25, -0.2) is 8.42 Å². The van der Waals surface area contributed by atoms with Gasteiger partial charge < -0.3 is 15.4 Å². The molecule has 130 valence electrons. The van der Waals surface area contributed by atoms with E-state index in [0.717, 1.165) is 19.3 Å². The number of nitrogens with zero attached hydrogens (tertiary/aromatic N) is 1. The quantitative estimate of drug-likeness (QED) is 0.765. The molecule has 8 heteroatoms. The summed E-state index contributed by atoms with van der Waals surface area (Å²) in [5.74, 6) is -1.45. The topological polar surface area (TPSA) is 107 Å². The Hall–Kier alpha value is -1.15. The number of hydrogen-bond donors (Lipinski definition) is 1. The lowest BCUT2D eigenvalue weighted by Crippen LogP contribution is -2.72. The molecule has 3 fully saturated rings. The molecule has 2 heterocycles. The number of methoxy groups -OCH3 is 1. The van der Waals surface area contributed by atoms with Crippen molar-refractivity contribution in [1.29, 1.82) is 0 Å². The number of sulfone groups is 1. The Bertz CT molecular complexity index is 618. The van der Waals surface area contributed by atoms with E-state index in [4.69, 9.17) is 10.5 Å². The van der Waals surface area contributed by atoms with Crippen molar-refractivity contribution in [1.82, 2.24) is 4.90 Å². The van der Waals surface area contributed by atoms with Crippen LogP contribution in [-0.4, -0.2) is 61.4 Å². The van der Waals surface area contributed by atoms with Gasteiger partial charge in [0.25, 0.3) is 5.91 Å². The van der Waals surface area contributed by atoms with Crippen LogP contribution >= 0.6 is 0 Å². The number of rotatable bonds is 3. The minimum Gasteiger partial charge on any atom is -0.369 e. The van der Waals surface area contributed by atoms with Crippen molar-refractivity contribution in [2.24, 2.45) is 11.7 Å². The van der Waals surface area contributed by atoms with Gasteiger partial charge >= 0.3 is 0 Å². The minimum atomic E-state index is -3.40. The van der Waals surface area contributed by atoms with Crippen LogP contribution in [0.5, 0.6) is 0 Å². The van der Waals surface area contributed by atoms with Crippen LogP contribution in [0.4, 0.5) is 0 Å². The molecule has 1 unspecified atom stereocenters. The van der Waals surface area contributed by atoms with Gasteiger partial charge in [0.05, 0.1) is 11.7 Å². The third-order valence-corrected chi connectivity index (χ3v) is 8.47. The number of nitrogens with two attached hydrogens (primary N) is 1. The summed E-state index contributed by atoms with van der Waals surface area (Å²) < 4.78 is 29.2. The number of carbonyl (C=O) groups excluding carboxylic acids is 2. The zero-order valence-electron chi connectivity index (χ0n) is 13.4. The Morgan fingerprint density at radius 3 is 2.30 bits per heavy atom. The number of hydrogen-bond acceptors (Lipinski definition) is 5. The van der Waals surface area contributed by atoms with Gasteiger partial charge in [-0.05, 0) is 19.3 Å². The second-order valence-corrected chi connectivity index (χ2v) is 9.50. The lowest BCUT2D eigenvalue weighted by atomic mass is 9.79. The highest BCUT2D eigenvalue weighted by Gasteiger charge is 2.65. The summed E-state index contributed by atoms with van der Waals surface area (Å²) in [6, 6.07) is 0. The fraction of sp³-hybridized carbons (Fsp3) is 0.867. The molecule has 2 saturated heterocycles. The van der Waals surface area contributed by atoms with Crippen molar-refractivity contribution in [2.75, 3.05) is 26.0 Å². The monoisotopic (exact) mass is 344 g/mol. The maximum Gasteiger partial charge on any atom is 0.254 e. The molecule has 0 aromatic heterocycles. The molecule has 23 heavy (non-hydrogen) atoms. The van der Waals surface area contributed by atoms with Crippen molar-refractivity contribution < 1.29 is 22.7 Å². The SMILES string of the molecule is COC1(C(=O)N2CC3(C2)C(C(N)=O)CCS3(=O)=O)CCCCC1. The molecular formula is C15H24N2O5S. The average Bonchev–Trinajstić information content (AvgIpc) is 2.77. The van der Waals surface area contributed by atoms with Crippen LogP contribution in [0.3, 0.4) is 0 Å². The van der Waals surface area contributed by atoms with E-state index in [0.29, 0.717) is 12.8 Å². The maximum atomic E-state index is 12.9. The Morgan fingerprint density at radius 2 is 1.78 bits per heavy atom. The Kier molecular flexibility index (Phi) is 3.95. The van der Waals surface area contributed by atoms with Gasteiger partial charge in [0.2, 0.25) is 5.91 Å². The van der Waals surface area contributed by atoms with E-state index in [2.05, 4.69) is 0 Å². The second-order valence-electron chi connectivity index (χ2n) is 7.05. The summed E-state index contributed by atoms with van der Waals surface area (Å²) in [6.45, 7) is 0.125. The minimum absolute atomic E-state index is 0.0297. The van der Waals surface area contributed by atoms with Gasteiger partial charge in [0, 0.05) is 20.2 Å². The van der Waals surface area contributed by atoms with Crippen molar-refractivity contribution in [2.45, 2.75) is 48.9 Å². The van der Waals surface area contributed by atoms with Crippen LogP contribution in [0, 0.1) is 5.92 Å². The van der Waals surface area contributed by atoms with Crippen LogP contribution in [-0.2, 0) is 24.2 Å². The molecule has 1 spiro atoms. The first-order chi connectivity index (χ1) is 10.8. The zero-order chi connectivity index (χ0) is 16.9. The molecule has 2 N–H and O–H groups in total. The predicted octanol–water partition coefficient (Wildman–Crippen LogP) is -0.163. The Morgan fingerprint density at radius 1 is 1.17 bits per heavy atom. The molecule has 2 amide bonds. The summed E-state index contributed by atoms with van der Waals surface area (Å²) in [5.41, 5.74) is 4.56. The van der Waals surface area contributed by atoms with Gasteiger partial charge in [-0.15, -0.1) is 0 Å². The standard InChI is InChI=1S/C15H24N2O5S/c1-22-14(6-3-2-4-7-14)13(19)17-9-15(10-17)11(12(16)18)5-8-23(15,20)21/h11H,2-10H2,1H3,(H2,16,18). The van der Waals surface area contributed by atoms with E-state index in [1.165, 1.54) is 12.0 Å². The Labute approximate surface area is 136 Å². The summed E-state index contributed by atoms with van der Waals surface area (Å²) in [6.07, 6.45) is 4.53. The van der Waals surface area contributed by atoms with Crippen LogP contribution in [0.2, 0.25) is 0 Å². The fourth-order valence-electron chi connectivity index (χ4n) is 4.43. The molecule has 3 rings (SSSR count). The Balaban J connectivity index is 1.79. The van der Waals surface area contributed by atoms with Crippen LogP contribution in [0.15, 0.2) is 0 Å². The van der Waals surface area contributed by atoms with Crippen molar-refractivity contribution in [3.05, 3.63) is 0 Å². The van der Waals surface area contributed by atoms with Gasteiger partial charge in [0.15, 0.2) is 9.84 Å². The van der Waals surface area contributed by atoms with Gasteiger partial charge in [-0.1, -0.05) is 19.3 Å². The average molecular weight is 344 g/mol. The predicted molar refractivity (Wildman–Crippen MR) is 83.2 cm³/mol. The van der Waals surface area contributed by atoms with E-state index < -0.39 is 32.0 Å². The summed E-state index contributed by atoms with van der Waals surface area (Å²) >= 11 is 0. The highest BCUT2D eigenvalue weighted by Crippen LogP contribution is 2.46. The maximum absolute atomic E-state index is 12.9. The molecule has 0 aromatic rings. The normalized spacial score (nSPS) is 30.8. The highest BCUT2D eigenvalue weighted by molar-refractivity contribution is 7.93. The van der Waals surface area contributed by atoms with E-state index >= 15 is 0 Å². The third kappa shape index (κ3) is 2.29. The summed E-state index contributed by atoms with van der Waals surface area (Å²) in [4.78, 5) is 26.0. The molecule has 7 nitrogen and oxygen atoms in total. The molecule has 0 radical (unpaired) electrons. The lowest BCUT2D eigenvalue weighted by Gasteiger charge is -2.52. The van der Waals surface area contributed by atoms with Crippen LogP contribution in [0.25, 0.3) is 0 Å². The van der Waals surface area contributed by atoms with Crippen LogP contribution in [0.1, 0.15) is 38.5 Å². The molecule has 0 bridgehead atoms. The van der Waals surface area contributed by atoms with Gasteiger partial charge in [-0.2, -0.15) is 0 Å². The lowest BCUT2D eigenvalue weighted by molar-refractivity contribution is -0.166. The molecule has 1 atom stereocenters. The summed E-state index contributed by atoms with van der Waals surface area (Å²) in [5, 5.41) is 0. The number of ether oxygens (including phenoxy) is 1. The van der Waals surface area contributed by atoms with E-state index in [-0.39, 0.29) is 31.2 Å². The van der Waals surface area contributed by atoms with Gasteiger partial charge in [0.1, 0.15) is 10.3 Å². The van der Waals surface area contributed by atoms with Gasteiger partial charge in [-0.3, -0.25) is 9.59 Å². The number of carbonyl (C=O) groups is 2. The molecule has 2 aliphatic heterocycles. The zero-order valence-corrected chi connectivity index (χ0v) is 14.2. The van der Waals surface area contributed by atoms with Crippen molar-refractivity contribution >= 4 is 21.7 Å². The first-order valence-electron chi connectivity index (χ1n) is 8.14. The highest BCUT2D eigenvalue weighted by atomic mass is 32.2. The molecule has 0 aromatic carbocycles.